The lowest BCUT2D eigenvalue weighted by Crippen LogP contribution is -2.31. The molecule has 116 valence electrons. The Morgan fingerprint density at radius 2 is 1.67 bits per heavy atom. The summed E-state index contributed by atoms with van der Waals surface area (Å²) in [6, 6.07) is 6.25. The Hall–Kier alpha value is -0.920. The largest absolute Gasteiger partial charge is 0.261 e. The van der Waals surface area contributed by atoms with Crippen LogP contribution in [0.2, 0.25) is 0 Å². The number of aromatic nitrogens is 1. The van der Waals surface area contributed by atoms with Gasteiger partial charge in [0.05, 0.1) is 0 Å². The SMILES string of the molecule is FC1CCC(C(Cc2ccccn2)C2CCCCC2)CC1. The number of hydrogen-bond donors (Lipinski definition) is 0. The highest BCUT2D eigenvalue weighted by Crippen LogP contribution is 2.41. The average molecular weight is 289 g/mol. The second-order valence-corrected chi connectivity index (χ2v) is 7.10. The van der Waals surface area contributed by atoms with E-state index in [1.807, 2.05) is 12.3 Å². The third-order valence-corrected chi connectivity index (χ3v) is 5.73. The summed E-state index contributed by atoms with van der Waals surface area (Å²) >= 11 is 0. The monoisotopic (exact) mass is 289 g/mol. The smallest absolute Gasteiger partial charge is 0.100 e. The lowest BCUT2D eigenvalue weighted by atomic mass is 9.68. The van der Waals surface area contributed by atoms with Gasteiger partial charge in [-0.25, -0.2) is 4.39 Å². The van der Waals surface area contributed by atoms with Gasteiger partial charge in [0.25, 0.3) is 0 Å². The molecular formula is C19H28FN. The number of halogens is 1. The van der Waals surface area contributed by atoms with Crippen molar-refractivity contribution in [2.45, 2.75) is 70.4 Å². The number of pyridine rings is 1. The van der Waals surface area contributed by atoms with Crippen molar-refractivity contribution in [2.75, 3.05) is 0 Å². The summed E-state index contributed by atoms with van der Waals surface area (Å²) < 4.78 is 13.5. The van der Waals surface area contributed by atoms with Gasteiger partial charge in [-0.2, -0.15) is 0 Å². The number of alkyl halides is 1. The molecular weight excluding hydrogens is 261 g/mol. The molecule has 2 heteroatoms. The molecule has 3 rings (SSSR count). The molecule has 0 aliphatic heterocycles. The number of hydrogen-bond acceptors (Lipinski definition) is 1. The number of rotatable bonds is 4. The van der Waals surface area contributed by atoms with Gasteiger partial charge in [-0.15, -0.1) is 0 Å². The maximum Gasteiger partial charge on any atom is 0.100 e. The average Bonchev–Trinajstić information content (AvgIpc) is 2.55. The molecule has 0 bridgehead atoms. The molecule has 1 aromatic rings. The van der Waals surface area contributed by atoms with E-state index >= 15 is 0 Å². The van der Waals surface area contributed by atoms with Gasteiger partial charge in [0.1, 0.15) is 6.17 Å². The van der Waals surface area contributed by atoms with E-state index in [4.69, 9.17) is 0 Å². The summed E-state index contributed by atoms with van der Waals surface area (Å²) in [5.74, 6) is 2.30. The second-order valence-electron chi connectivity index (χ2n) is 7.10. The first-order chi connectivity index (χ1) is 10.3. The molecule has 2 aliphatic carbocycles. The molecule has 1 heterocycles. The fourth-order valence-electron chi connectivity index (χ4n) is 4.55. The maximum absolute atomic E-state index is 13.5. The van der Waals surface area contributed by atoms with Crippen molar-refractivity contribution in [3.8, 4) is 0 Å². The second kappa shape index (κ2) is 7.38. The number of nitrogens with zero attached hydrogens (tertiary/aromatic N) is 1. The molecule has 0 spiro atoms. The van der Waals surface area contributed by atoms with Crippen LogP contribution in [0.15, 0.2) is 24.4 Å². The molecule has 0 aromatic carbocycles. The highest BCUT2D eigenvalue weighted by atomic mass is 19.1. The topological polar surface area (TPSA) is 12.9 Å². The molecule has 0 N–H and O–H groups in total. The molecule has 1 unspecified atom stereocenters. The Bertz CT molecular complexity index is 405. The zero-order chi connectivity index (χ0) is 14.5. The Kier molecular flexibility index (Phi) is 5.27. The first kappa shape index (κ1) is 15.0. The molecule has 2 aliphatic rings. The van der Waals surface area contributed by atoms with E-state index in [-0.39, 0.29) is 0 Å². The van der Waals surface area contributed by atoms with E-state index in [0.717, 1.165) is 49.9 Å². The zero-order valence-corrected chi connectivity index (χ0v) is 13.0. The third-order valence-electron chi connectivity index (χ3n) is 5.73. The van der Waals surface area contributed by atoms with Gasteiger partial charge in [0.2, 0.25) is 0 Å². The quantitative estimate of drug-likeness (QED) is 0.728. The Morgan fingerprint density at radius 3 is 2.33 bits per heavy atom. The van der Waals surface area contributed by atoms with Gasteiger partial charge < -0.3 is 0 Å². The first-order valence-corrected chi connectivity index (χ1v) is 8.87. The molecule has 21 heavy (non-hydrogen) atoms. The summed E-state index contributed by atoms with van der Waals surface area (Å²) in [5, 5.41) is 0. The van der Waals surface area contributed by atoms with Crippen LogP contribution in [0.25, 0.3) is 0 Å². The fraction of sp³-hybridized carbons (Fsp3) is 0.737. The van der Waals surface area contributed by atoms with Gasteiger partial charge in [0, 0.05) is 11.9 Å². The molecule has 1 aromatic heterocycles. The van der Waals surface area contributed by atoms with Crippen molar-refractivity contribution in [1.82, 2.24) is 4.98 Å². The molecule has 0 saturated heterocycles. The van der Waals surface area contributed by atoms with E-state index in [0.29, 0.717) is 0 Å². The van der Waals surface area contributed by atoms with Crippen LogP contribution in [0.4, 0.5) is 4.39 Å². The van der Waals surface area contributed by atoms with Gasteiger partial charge in [0.15, 0.2) is 0 Å². The summed E-state index contributed by atoms with van der Waals surface area (Å²) in [4.78, 5) is 4.55. The molecule has 1 nitrogen and oxygen atoms in total. The molecule has 1 atom stereocenters. The van der Waals surface area contributed by atoms with Gasteiger partial charge in [-0.1, -0.05) is 38.2 Å². The maximum atomic E-state index is 13.5. The fourth-order valence-corrected chi connectivity index (χ4v) is 4.55. The molecule has 2 saturated carbocycles. The normalized spacial score (nSPS) is 29.2. The van der Waals surface area contributed by atoms with E-state index in [9.17, 15) is 4.39 Å². The molecule has 0 amide bonds. The minimum Gasteiger partial charge on any atom is -0.261 e. The third kappa shape index (κ3) is 4.05. The first-order valence-electron chi connectivity index (χ1n) is 8.87. The van der Waals surface area contributed by atoms with Gasteiger partial charge >= 0.3 is 0 Å². The Morgan fingerprint density at radius 1 is 0.952 bits per heavy atom. The van der Waals surface area contributed by atoms with Crippen molar-refractivity contribution < 1.29 is 4.39 Å². The zero-order valence-electron chi connectivity index (χ0n) is 13.0. The van der Waals surface area contributed by atoms with Crippen LogP contribution in [-0.2, 0) is 6.42 Å². The van der Waals surface area contributed by atoms with E-state index in [2.05, 4.69) is 17.1 Å². The van der Waals surface area contributed by atoms with Gasteiger partial charge in [-0.3, -0.25) is 4.98 Å². The highest BCUT2D eigenvalue weighted by molar-refractivity contribution is 5.05. The highest BCUT2D eigenvalue weighted by Gasteiger charge is 2.33. The summed E-state index contributed by atoms with van der Waals surface area (Å²) in [5.41, 5.74) is 1.23. The van der Waals surface area contributed by atoms with Crippen LogP contribution >= 0.6 is 0 Å². The van der Waals surface area contributed by atoms with Crippen LogP contribution < -0.4 is 0 Å². The van der Waals surface area contributed by atoms with Crippen molar-refractivity contribution in [3.63, 3.8) is 0 Å². The van der Waals surface area contributed by atoms with Crippen LogP contribution in [-0.4, -0.2) is 11.2 Å². The van der Waals surface area contributed by atoms with Gasteiger partial charge in [-0.05, 0) is 62.0 Å². The summed E-state index contributed by atoms with van der Waals surface area (Å²) in [7, 11) is 0. The van der Waals surface area contributed by atoms with Crippen LogP contribution in [0.3, 0.4) is 0 Å². The van der Waals surface area contributed by atoms with Crippen LogP contribution in [0.5, 0.6) is 0 Å². The predicted octanol–water partition coefficient (Wildman–Crippen LogP) is 5.35. The van der Waals surface area contributed by atoms with Crippen molar-refractivity contribution in [3.05, 3.63) is 30.1 Å². The summed E-state index contributed by atoms with van der Waals surface area (Å²) in [6.45, 7) is 0. The van der Waals surface area contributed by atoms with E-state index < -0.39 is 6.17 Å². The standard InChI is InChI=1S/C19H28FN/c20-17-11-9-16(10-12-17)19(15-6-2-1-3-7-15)14-18-8-4-5-13-21-18/h4-5,8,13,15-17,19H,1-3,6-7,9-12,14H2. The Balaban J connectivity index is 1.70. The van der Waals surface area contributed by atoms with Crippen molar-refractivity contribution in [1.29, 1.82) is 0 Å². The lowest BCUT2D eigenvalue weighted by Gasteiger charge is -2.38. The van der Waals surface area contributed by atoms with Crippen LogP contribution in [0, 0.1) is 17.8 Å². The summed E-state index contributed by atoms with van der Waals surface area (Å²) in [6.07, 6.45) is 13.2. The van der Waals surface area contributed by atoms with Crippen LogP contribution in [0.1, 0.15) is 63.5 Å². The van der Waals surface area contributed by atoms with Crippen molar-refractivity contribution >= 4 is 0 Å². The Labute approximate surface area is 128 Å². The minimum absolute atomic E-state index is 0.539. The lowest BCUT2D eigenvalue weighted by molar-refractivity contribution is 0.111. The van der Waals surface area contributed by atoms with Crippen molar-refractivity contribution in [2.24, 2.45) is 17.8 Å². The minimum atomic E-state index is -0.539. The molecule has 2 fully saturated rings. The predicted molar refractivity (Wildman–Crippen MR) is 84.9 cm³/mol. The van der Waals surface area contributed by atoms with E-state index in [1.165, 1.54) is 37.8 Å². The molecule has 0 radical (unpaired) electrons. The van der Waals surface area contributed by atoms with E-state index in [1.54, 1.807) is 0 Å².